The average molecular weight is 415 g/mol. The van der Waals surface area contributed by atoms with Crippen LogP contribution in [0.5, 0.6) is 11.6 Å². The molecule has 7 heteroatoms. The monoisotopic (exact) mass is 414 g/mol. The van der Waals surface area contributed by atoms with Crippen molar-refractivity contribution >= 4 is 11.3 Å². The summed E-state index contributed by atoms with van der Waals surface area (Å²) in [6.07, 6.45) is 7.48. The Labute approximate surface area is 173 Å². The van der Waals surface area contributed by atoms with E-state index in [1.807, 2.05) is 31.2 Å². The number of aryl methyl sites for hydroxylation is 1. The number of nitrogens with zero attached hydrogens (tertiary/aromatic N) is 1. The highest BCUT2D eigenvalue weighted by Crippen LogP contribution is 2.34. The fraction of sp³-hybridized carbons (Fsp3) is 0.455. The smallest absolute Gasteiger partial charge is 0.307 e. The molecule has 0 aliphatic heterocycles. The lowest BCUT2D eigenvalue weighted by Gasteiger charge is -2.19. The van der Waals surface area contributed by atoms with Crippen molar-refractivity contribution in [2.75, 3.05) is 6.61 Å². The molecule has 0 radical (unpaired) electrons. The van der Waals surface area contributed by atoms with Crippen molar-refractivity contribution in [3.8, 4) is 11.6 Å². The molecule has 2 N–H and O–H groups in total. The lowest BCUT2D eigenvalue weighted by Crippen LogP contribution is -2.06. The summed E-state index contributed by atoms with van der Waals surface area (Å²) in [5, 5.41) is 9.69. The second-order valence-corrected chi connectivity index (χ2v) is 8.66. The summed E-state index contributed by atoms with van der Waals surface area (Å²) >= 11 is 1.03. The van der Waals surface area contributed by atoms with Crippen molar-refractivity contribution in [3.05, 3.63) is 61.7 Å². The van der Waals surface area contributed by atoms with E-state index in [2.05, 4.69) is 4.98 Å². The number of aromatic nitrogens is 2. The highest BCUT2D eigenvalue weighted by molar-refractivity contribution is 7.09. The molecule has 0 unspecified atom stereocenters. The number of hydrogen-bond donors (Lipinski definition) is 2. The van der Waals surface area contributed by atoms with E-state index in [0.717, 1.165) is 40.0 Å². The zero-order valence-corrected chi connectivity index (χ0v) is 17.4. The van der Waals surface area contributed by atoms with Crippen molar-refractivity contribution in [1.82, 2.24) is 9.97 Å². The van der Waals surface area contributed by atoms with Crippen LogP contribution >= 0.6 is 11.3 Å². The normalized spacial score (nSPS) is 14.9. The van der Waals surface area contributed by atoms with Gasteiger partial charge in [-0.3, -0.25) is 9.78 Å². The van der Waals surface area contributed by atoms with Gasteiger partial charge in [-0.2, -0.15) is 0 Å². The zero-order chi connectivity index (χ0) is 20.2. The number of rotatable bonds is 7. The van der Waals surface area contributed by atoms with Gasteiger partial charge in [0.05, 0.1) is 23.6 Å². The van der Waals surface area contributed by atoms with Gasteiger partial charge in [-0.15, -0.1) is 0 Å². The van der Waals surface area contributed by atoms with Crippen molar-refractivity contribution in [2.45, 2.75) is 57.8 Å². The van der Waals surface area contributed by atoms with Crippen LogP contribution in [0.2, 0.25) is 0 Å². The molecule has 29 heavy (non-hydrogen) atoms. The molecular formula is C22H26N2O4S. The van der Waals surface area contributed by atoms with Crippen LogP contribution < -0.4 is 9.61 Å². The SMILES string of the molecule is Cc1oc(CCOc2ccc(Cc3sc(=O)[nH]c3O)cc2)nc1C1CCCCC1. The number of H-pyrrole nitrogens is 1. The third-order valence-electron chi connectivity index (χ3n) is 5.44. The average Bonchev–Trinajstić information content (AvgIpc) is 3.25. The lowest BCUT2D eigenvalue weighted by molar-refractivity contribution is 0.304. The van der Waals surface area contributed by atoms with Crippen molar-refractivity contribution in [1.29, 1.82) is 0 Å². The summed E-state index contributed by atoms with van der Waals surface area (Å²) in [5.74, 6) is 2.97. The molecule has 0 saturated heterocycles. The highest BCUT2D eigenvalue weighted by Gasteiger charge is 2.22. The molecule has 4 rings (SSSR count). The molecular weight excluding hydrogens is 388 g/mol. The third-order valence-corrected chi connectivity index (χ3v) is 6.31. The van der Waals surface area contributed by atoms with Crippen LogP contribution in [-0.2, 0) is 12.8 Å². The van der Waals surface area contributed by atoms with E-state index in [1.54, 1.807) is 0 Å². The summed E-state index contributed by atoms with van der Waals surface area (Å²) in [4.78, 5) is 18.8. The number of nitrogens with one attached hydrogen (secondary N) is 1. The molecule has 6 nitrogen and oxygen atoms in total. The Bertz CT molecular complexity index is 997. The van der Waals surface area contributed by atoms with Crippen LogP contribution in [0.15, 0.2) is 33.5 Å². The second kappa shape index (κ2) is 8.86. The quantitative estimate of drug-likeness (QED) is 0.585. The summed E-state index contributed by atoms with van der Waals surface area (Å²) < 4.78 is 11.7. The maximum Gasteiger partial charge on any atom is 0.307 e. The first-order valence-electron chi connectivity index (χ1n) is 10.2. The number of oxazole rings is 1. The maximum atomic E-state index is 11.3. The molecule has 2 heterocycles. The van der Waals surface area contributed by atoms with Gasteiger partial charge < -0.3 is 14.3 Å². The molecule has 1 aliphatic carbocycles. The van der Waals surface area contributed by atoms with E-state index >= 15 is 0 Å². The van der Waals surface area contributed by atoms with E-state index in [1.165, 1.54) is 32.1 Å². The van der Waals surface area contributed by atoms with Gasteiger partial charge in [0.15, 0.2) is 5.89 Å². The van der Waals surface area contributed by atoms with Gasteiger partial charge in [0.2, 0.25) is 5.88 Å². The summed E-state index contributed by atoms with van der Waals surface area (Å²) in [7, 11) is 0. The number of benzene rings is 1. The van der Waals surface area contributed by atoms with Crippen molar-refractivity contribution in [3.63, 3.8) is 0 Å². The second-order valence-electron chi connectivity index (χ2n) is 7.59. The first kappa shape index (κ1) is 19.8. The molecule has 1 aliphatic rings. The van der Waals surface area contributed by atoms with Gasteiger partial charge in [-0.05, 0) is 37.5 Å². The minimum Gasteiger partial charge on any atom is -0.494 e. The minimum atomic E-state index is -0.245. The van der Waals surface area contributed by atoms with Gasteiger partial charge in [0, 0.05) is 12.3 Å². The Morgan fingerprint density at radius 3 is 2.69 bits per heavy atom. The molecule has 1 aromatic carbocycles. The van der Waals surface area contributed by atoms with E-state index < -0.39 is 0 Å². The van der Waals surface area contributed by atoms with E-state index in [-0.39, 0.29) is 10.8 Å². The Balaban J connectivity index is 1.29. The summed E-state index contributed by atoms with van der Waals surface area (Å²) in [6, 6.07) is 7.68. The van der Waals surface area contributed by atoms with Crippen molar-refractivity contribution in [2.24, 2.45) is 0 Å². The number of hydrogen-bond acceptors (Lipinski definition) is 6. The molecule has 0 bridgehead atoms. The highest BCUT2D eigenvalue weighted by atomic mass is 32.1. The Morgan fingerprint density at radius 2 is 2.00 bits per heavy atom. The molecule has 0 atom stereocenters. The fourth-order valence-corrected chi connectivity index (χ4v) is 4.70. The Morgan fingerprint density at radius 1 is 1.24 bits per heavy atom. The van der Waals surface area contributed by atoms with Crippen molar-refractivity contribution < 1.29 is 14.3 Å². The topological polar surface area (TPSA) is 88.3 Å². The van der Waals surface area contributed by atoms with Crippen LogP contribution in [-0.4, -0.2) is 21.7 Å². The van der Waals surface area contributed by atoms with Gasteiger partial charge in [-0.25, -0.2) is 4.98 Å². The largest absolute Gasteiger partial charge is 0.494 e. The van der Waals surface area contributed by atoms with Gasteiger partial charge in [0.1, 0.15) is 11.5 Å². The first-order valence-corrected chi connectivity index (χ1v) is 11.0. The summed E-state index contributed by atoms with van der Waals surface area (Å²) in [6.45, 7) is 2.52. The fourth-order valence-electron chi connectivity index (χ4n) is 3.94. The van der Waals surface area contributed by atoms with Crippen LogP contribution in [0.1, 0.15) is 65.8 Å². The van der Waals surface area contributed by atoms with E-state index in [0.29, 0.717) is 30.2 Å². The molecule has 154 valence electrons. The number of thiazole rings is 1. The number of aromatic amines is 1. The van der Waals surface area contributed by atoms with Gasteiger partial charge in [-0.1, -0.05) is 42.7 Å². The van der Waals surface area contributed by atoms with Crippen LogP contribution in [0.25, 0.3) is 0 Å². The molecule has 0 amide bonds. The van der Waals surface area contributed by atoms with Gasteiger partial charge in [0.25, 0.3) is 0 Å². The molecule has 2 aromatic heterocycles. The predicted octanol–water partition coefficient (Wildman–Crippen LogP) is 4.70. The maximum absolute atomic E-state index is 11.3. The number of aromatic hydroxyl groups is 1. The number of ether oxygens (including phenoxy) is 1. The van der Waals surface area contributed by atoms with E-state index in [9.17, 15) is 9.90 Å². The molecule has 0 spiro atoms. The Kier molecular flexibility index (Phi) is 6.04. The molecule has 1 saturated carbocycles. The van der Waals surface area contributed by atoms with Crippen LogP contribution in [0.3, 0.4) is 0 Å². The predicted molar refractivity (Wildman–Crippen MR) is 112 cm³/mol. The lowest BCUT2D eigenvalue weighted by atomic mass is 9.86. The van der Waals surface area contributed by atoms with Gasteiger partial charge >= 0.3 is 4.87 Å². The van der Waals surface area contributed by atoms with E-state index in [4.69, 9.17) is 14.1 Å². The minimum absolute atomic E-state index is 0.0471. The molecule has 3 aromatic rings. The third kappa shape index (κ3) is 4.90. The standard InChI is InChI=1S/C22H26N2O4S/c1-14-20(16-5-3-2-4-6-16)23-19(28-14)11-12-27-17-9-7-15(8-10-17)13-18-21(25)24-22(26)29-18/h7-10,16,25H,2-6,11-13H2,1H3,(H,24,26). The first-order chi connectivity index (χ1) is 14.1. The summed E-state index contributed by atoms with van der Waals surface area (Å²) in [5.41, 5.74) is 2.14. The van der Waals surface area contributed by atoms with Crippen LogP contribution in [0.4, 0.5) is 0 Å². The van der Waals surface area contributed by atoms with Crippen LogP contribution in [0, 0.1) is 6.92 Å². The molecule has 1 fully saturated rings. The Hall–Kier alpha value is -2.54. The zero-order valence-electron chi connectivity index (χ0n) is 16.6.